The van der Waals surface area contributed by atoms with Crippen LogP contribution in [-0.2, 0) is 21.2 Å². The lowest BCUT2D eigenvalue weighted by Gasteiger charge is -2.16. The Balaban J connectivity index is 0.000000414. The average molecular weight is 545 g/mol. The summed E-state index contributed by atoms with van der Waals surface area (Å²) >= 11 is 5.49. The summed E-state index contributed by atoms with van der Waals surface area (Å²) < 4.78 is 28.4. The fourth-order valence-electron chi connectivity index (χ4n) is 4.07. The number of aromatic nitrogens is 1. The summed E-state index contributed by atoms with van der Waals surface area (Å²) in [7, 11) is -4.10. The zero-order chi connectivity index (χ0) is 27.0. The molecule has 0 aliphatic carbocycles. The highest BCUT2D eigenvalue weighted by atomic mass is 35.5. The van der Waals surface area contributed by atoms with Crippen LogP contribution in [0.5, 0.6) is 0 Å². The van der Waals surface area contributed by atoms with E-state index in [1.807, 2.05) is 24.3 Å². The number of unbranched alkanes of at least 4 members (excludes halogenated alkanes) is 2. The number of H-pyrrole nitrogens is 1. The highest BCUT2D eigenvalue weighted by Crippen LogP contribution is 2.28. The first-order valence-electron chi connectivity index (χ1n) is 12.1. The van der Waals surface area contributed by atoms with Gasteiger partial charge >= 0.3 is 5.97 Å². The monoisotopic (exact) mass is 544 g/mol. The molecule has 0 saturated carbocycles. The van der Waals surface area contributed by atoms with E-state index in [1.54, 1.807) is 30.5 Å². The Morgan fingerprint density at radius 3 is 2.32 bits per heavy atom. The van der Waals surface area contributed by atoms with Crippen LogP contribution >= 0.6 is 11.6 Å². The maximum absolute atomic E-state index is 13.0. The van der Waals surface area contributed by atoms with E-state index in [-0.39, 0.29) is 16.8 Å². The van der Waals surface area contributed by atoms with Crippen molar-refractivity contribution in [2.45, 2.75) is 55.5 Å². The number of hydrogen-bond acceptors (Lipinski definition) is 5. The molecule has 4 rings (SSSR count). The number of sulfonamides is 1. The molecule has 198 valence electrons. The van der Waals surface area contributed by atoms with E-state index >= 15 is 0 Å². The van der Waals surface area contributed by atoms with Crippen molar-refractivity contribution in [1.82, 2.24) is 9.71 Å². The van der Waals surface area contributed by atoms with Crippen molar-refractivity contribution in [3.05, 3.63) is 72.4 Å². The number of aromatic amines is 1. The van der Waals surface area contributed by atoms with Gasteiger partial charge in [-0.05, 0) is 30.2 Å². The van der Waals surface area contributed by atoms with Gasteiger partial charge in [0.15, 0.2) is 0 Å². The maximum Gasteiger partial charge on any atom is 0.322 e. The highest BCUT2D eigenvalue weighted by molar-refractivity contribution is 7.89. The second-order valence-electron chi connectivity index (χ2n) is 8.79. The molecule has 37 heavy (non-hydrogen) atoms. The van der Waals surface area contributed by atoms with Crippen molar-refractivity contribution < 1.29 is 18.3 Å². The summed E-state index contributed by atoms with van der Waals surface area (Å²) in [5.74, 6) is -1.25. The number of nitrogens with one attached hydrogen (secondary N) is 2. The third-order valence-electron chi connectivity index (χ3n) is 5.99. The Bertz CT molecular complexity index is 1450. The molecule has 0 bridgehead atoms. The van der Waals surface area contributed by atoms with Gasteiger partial charge in [-0.1, -0.05) is 68.7 Å². The van der Waals surface area contributed by atoms with Gasteiger partial charge < -0.3 is 21.6 Å². The van der Waals surface area contributed by atoms with Gasteiger partial charge in [0.2, 0.25) is 10.0 Å². The molecule has 0 saturated heterocycles. The fourth-order valence-corrected chi connectivity index (χ4v) is 5.62. The summed E-state index contributed by atoms with van der Waals surface area (Å²) in [4.78, 5) is 14.9. The van der Waals surface area contributed by atoms with Gasteiger partial charge in [0.05, 0.1) is 10.4 Å². The molecule has 0 aliphatic rings. The van der Waals surface area contributed by atoms with Crippen LogP contribution in [0.15, 0.2) is 71.8 Å². The van der Waals surface area contributed by atoms with Gasteiger partial charge in [-0.15, -0.1) is 11.6 Å². The average Bonchev–Trinajstić information content (AvgIpc) is 3.27. The fraction of sp³-hybridized carbons (Fsp3) is 0.296. The van der Waals surface area contributed by atoms with Crippen molar-refractivity contribution >= 4 is 55.0 Å². The van der Waals surface area contributed by atoms with Crippen molar-refractivity contribution in [3.63, 3.8) is 0 Å². The molecule has 2 atom stereocenters. The largest absolute Gasteiger partial charge is 0.480 e. The molecule has 4 aromatic rings. The number of nitrogens with two attached hydrogens (primary N) is 2. The smallest absolute Gasteiger partial charge is 0.322 e. The first-order valence-corrected chi connectivity index (χ1v) is 14.0. The number of anilines is 1. The van der Waals surface area contributed by atoms with E-state index in [2.05, 4.69) is 16.6 Å². The third kappa shape index (κ3) is 7.45. The summed E-state index contributed by atoms with van der Waals surface area (Å²) in [6.07, 6.45) is 6.32. The molecule has 3 aromatic carbocycles. The van der Waals surface area contributed by atoms with E-state index in [9.17, 15) is 18.3 Å². The van der Waals surface area contributed by atoms with E-state index in [1.165, 1.54) is 31.4 Å². The van der Waals surface area contributed by atoms with Crippen LogP contribution in [0.2, 0.25) is 0 Å². The van der Waals surface area contributed by atoms with Gasteiger partial charge in [-0.2, -0.15) is 4.72 Å². The molecule has 0 radical (unpaired) electrons. The molecular formula is C27H33ClN4O4S. The zero-order valence-electron chi connectivity index (χ0n) is 20.7. The molecule has 7 N–H and O–H groups in total. The lowest BCUT2D eigenvalue weighted by atomic mass is 10.1. The Morgan fingerprint density at radius 1 is 1.03 bits per heavy atom. The van der Waals surface area contributed by atoms with Crippen molar-refractivity contribution in [1.29, 1.82) is 0 Å². The molecule has 0 aliphatic heterocycles. The number of aliphatic carboxylic acids is 1. The number of benzene rings is 3. The SMILES string of the molecule is CCCCCC(N)Cl.Nc1ccc(S(=O)(=O)NC(Cc2c[nH]c3ccccc23)C(=O)O)c2ccccc12. The topological polar surface area (TPSA) is 151 Å². The molecule has 0 amide bonds. The summed E-state index contributed by atoms with van der Waals surface area (Å²) in [5, 5.41) is 11.5. The minimum Gasteiger partial charge on any atom is -0.480 e. The molecule has 0 fully saturated rings. The Labute approximate surface area is 222 Å². The number of carboxylic acid groups (broad SMARTS) is 1. The highest BCUT2D eigenvalue weighted by Gasteiger charge is 2.28. The molecular weight excluding hydrogens is 512 g/mol. The third-order valence-corrected chi connectivity index (χ3v) is 7.73. The maximum atomic E-state index is 13.0. The normalized spacial score (nSPS) is 13.2. The van der Waals surface area contributed by atoms with Crippen LogP contribution in [-0.4, -0.2) is 36.0 Å². The molecule has 1 heterocycles. The number of fused-ring (bicyclic) bond motifs is 2. The predicted octanol–water partition coefficient (Wildman–Crippen LogP) is 4.97. The predicted molar refractivity (Wildman–Crippen MR) is 150 cm³/mol. The molecule has 1 aromatic heterocycles. The van der Waals surface area contributed by atoms with Crippen LogP contribution in [0.3, 0.4) is 0 Å². The number of para-hydroxylation sites is 1. The van der Waals surface area contributed by atoms with Gasteiger partial charge in [0.1, 0.15) is 6.04 Å². The second-order valence-corrected chi connectivity index (χ2v) is 11.0. The minimum atomic E-state index is -4.10. The number of rotatable bonds is 10. The number of carboxylic acids is 1. The van der Waals surface area contributed by atoms with Crippen molar-refractivity contribution in [2.75, 3.05) is 5.73 Å². The van der Waals surface area contributed by atoms with Gasteiger partial charge in [0.25, 0.3) is 0 Å². The zero-order valence-corrected chi connectivity index (χ0v) is 22.2. The lowest BCUT2D eigenvalue weighted by molar-refractivity contribution is -0.138. The van der Waals surface area contributed by atoms with Gasteiger partial charge in [-0.25, -0.2) is 8.42 Å². The number of halogens is 1. The van der Waals surface area contributed by atoms with E-state index in [0.717, 1.165) is 22.9 Å². The van der Waals surface area contributed by atoms with Crippen LogP contribution in [0.25, 0.3) is 21.7 Å². The lowest BCUT2D eigenvalue weighted by Crippen LogP contribution is -2.42. The molecule has 8 nitrogen and oxygen atoms in total. The summed E-state index contributed by atoms with van der Waals surface area (Å²) in [5.41, 5.74) is 13.2. The quantitative estimate of drug-likeness (QED) is 0.0822. The number of carbonyl (C=O) groups is 1. The summed E-state index contributed by atoms with van der Waals surface area (Å²) in [6.45, 7) is 2.17. The van der Waals surface area contributed by atoms with Crippen molar-refractivity contribution in [2.24, 2.45) is 5.73 Å². The minimum absolute atomic E-state index is 0.00544. The first kappa shape index (κ1) is 28.5. The van der Waals surface area contributed by atoms with E-state index in [4.69, 9.17) is 23.1 Å². The van der Waals surface area contributed by atoms with Crippen LogP contribution in [0, 0.1) is 0 Å². The number of alkyl halides is 1. The summed E-state index contributed by atoms with van der Waals surface area (Å²) in [6, 6.07) is 15.9. The standard InChI is InChI=1S/C21H19N3O4S.C6H14ClN/c22-17-9-10-20(16-7-2-1-6-15(16)17)29(27,28)24-19(21(25)26)11-13-12-23-18-8-4-3-5-14(13)18;1-2-3-4-5-6(7)8/h1-10,12,19,23-24H,11,22H2,(H,25,26);6H,2-5,8H2,1H3. The Morgan fingerprint density at radius 2 is 1.68 bits per heavy atom. The van der Waals surface area contributed by atoms with Crippen LogP contribution in [0.4, 0.5) is 5.69 Å². The molecule has 0 spiro atoms. The molecule has 10 heteroatoms. The van der Waals surface area contributed by atoms with Crippen LogP contribution < -0.4 is 16.2 Å². The van der Waals surface area contributed by atoms with Gasteiger partial charge in [0, 0.05) is 40.0 Å². The van der Waals surface area contributed by atoms with Gasteiger partial charge in [-0.3, -0.25) is 4.79 Å². The first-order chi connectivity index (χ1) is 17.6. The van der Waals surface area contributed by atoms with Crippen LogP contribution in [0.1, 0.15) is 38.2 Å². The number of nitrogen functional groups attached to an aromatic ring is 1. The van der Waals surface area contributed by atoms with E-state index in [0.29, 0.717) is 16.5 Å². The number of hydrogen-bond donors (Lipinski definition) is 5. The van der Waals surface area contributed by atoms with Crippen molar-refractivity contribution in [3.8, 4) is 0 Å². The molecule has 2 unspecified atom stereocenters. The van der Waals surface area contributed by atoms with E-state index < -0.39 is 22.0 Å². The Hall–Kier alpha value is -3.11. The Kier molecular flexibility index (Phi) is 9.93. The second kappa shape index (κ2) is 12.9.